The van der Waals surface area contributed by atoms with Crippen LogP contribution in [0.4, 0.5) is 0 Å². The van der Waals surface area contributed by atoms with Crippen LogP contribution in [0.25, 0.3) is 6.08 Å². The van der Waals surface area contributed by atoms with Crippen LogP contribution in [0.2, 0.25) is 0 Å². The highest BCUT2D eigenvalue weighted by molar-refractivity contribution is 5.37. The van der Waals surface area contributed by atoms with Gasteiger partial charge in [0.2, 0.25) is 0 Å². The van der Waals surface area contributed by atoms with Gasteiger partial charge >= 0.3 is 0 Å². The van der Waals surface area contributed by atoms with Crippen molar-refractivity contribution in [2.45, 2.75) is 13.0 Å². The minimum atomic E-state index is 0.291. The molecule has 0 spiro atoms. The zero-order valence-electron chi connectivity index (χ0n) is 8.23. The topological polar surface area (TPSA) is 21.6 Å². The molecule has 1 aliphatic heterocycles. The Balaban J connectivity index is 2.34. The van der Waals surface area contributed by atoms with Crippen LogP contribution < -0.4 is 15.3 Å². The first-order valence-electron chi connectivity index (χ1n) is 4.73. The molecule has 1 unspecified atom stereocenters. The fraction of sp³-hybridized carbons (Fsp3) is 0.250. The molecule has 1 aliphatic rings. The summed E-state index contributed by atoms with van der Waals surface area (Å²) in [6.07, 6.45) is 3.88. The van der Waals surface area contributed by atoms with Gasteiger partial charge in [-0.3, -0.25) is 4.99 Å². The Morgan fingerprint density at radius 1 is 1.57 bits per heavy atom. The molecule has 1 aromatic rings. The lowest BCUT2D eigenvalue weighted by Gasteiger charge is -2.00. The molecule has 1 aromatic carbocycles. The summed E-state index contributed by atoms with van der Waals surface area (Å²) in [7, 11) is 0. The third-order valence-electron chi connectivity index (χ3n) is 2.13. The average Bonchev–Trinajstić information content (AvgIpc) is 2.54. The monoisotopic (exact) mass is 187 g/mol. The van der Waals surface area contributed by atoms with Crippen molar-refractivity contribution in [1.82, 2.24) is 0 Å². The minimum absolute atomic E-state index is 0.291. The second-order valence-electron chi connectivity index (χ2n) is 3.36. The molecule has 0 radical (unpaired) electrons. The van der Waals surface area contributed by atoms with E-state index in [9.17, 15) is 0 Å². The number of hydrogen-bond donors (Lipinski definition) is 0. The molecule has 2 rings (SSSR count). The van der Waals surface area contributed by atoms with E-state index in [1.165, 1.54) is 5.22 Å². The largest absolute Gasteiger partial charge is 0.490 e. The van der Waals surface area contributed by atoms with Crippen molar-refractivity contribution in [3.8, 4) is 5.75 Å². The molecular weight excluding hydrogens is 174 g/mol. The van der Waals surface area contributed by atoms with E-state index in [-0.39, 0.29) is 0 Å². The summed E-state index contributed by atoms with van der Waals surface area (Å²) in [5.74, 6) is 0.879. The van der Waals surface area contributed by atoms with Crippen LogP contribution in [0, 0.1) is 0 Å². The summed E-state index contributed by atoms with van der Waals surface area (Å²) >= 11 is 0. The molecule has 0 saturated heterocycles. The lowest BCUT2D eigenvalue weighted by atomic mass is 10.2. The average molecular weight is 187 g/mol. The van der Waals surface area contributed by atoms with Gasteiger partial charge in [-0.15, -0.1) is 0 Å². The molecule has 1 atom stereocenters. The number of nitrogens with zero attached hydrogens (tertiary/aromatic N) is 1. The highest BCUT2D eigenvalue weighted by Gasteiger charge is 2.03. The maximum Gasteiger partial charge on any atom is 0.120 e. The van der Waals surface area contributed by atoms with Crippen LogP contribution in [-0.4, -0.2) is 12.6 Å². The third kappa shape index (κ3) is 1.69. The Morgan fingerprint density at radius 3 is 3.21 bits per heavy atom. The molecule has 0 saturated carbocycles. The highest BCUT2D eigenvalue weighted by Crippen LogP contribution is 2.05. The van der Waals surface area contributed by atoms with Gasteiger partial charge in [-0.25, -0.2) is 0 Å². The van der Waals surface area contributed by atoms with E-state index in [1.54, 1.807) is 6.08 Å². The Morgan fingerprint density at radius 2 is 2.43 bits per heavy atom. The molecule has 14 heavy (non-hydrogen) atoms. The van der Waals surface area contributed by atoms with Gasteiger partial charge in [0.05, 0.1) is 11.4 Å². The van der Waals surface area contributed by atoms with Gasteiger partial charge in [0.1, 0.15) is 12.4 Å². The minimum Gasteiger partial charge on any atom is -0.490 e. The van der Waals surface area contributed by atoms with Crippen molar-refractivity contribution >= 4 is 6.08 Å². The summed E-state index contributed by atoms with van der Waals surface area (Å²) in [5, 5.41) is 2.22. The fourth-order valence-corrected chi connectivity index (χ4v) is 1.55. The molecule has 0 aromatic heterocycles. The second-order valence-corrected chi connectivity index (χ2v) is 3.36. The quantitative estimate of drug-likeness (QED) is 0.648. The van der Waals surface area contributed by atoms with E-state index in [0.717, 1.165) is 11.1 Å². The first-order chi connectivity index (χ1) is 6.79. The lowest BCUT2D eigenvalue weighted by Crippen LogP contribution is -2.20. The van der Waals surface area contributed by atoms with Gasteiger partial charge in [-0.2, -0.15) is 0 Å². The summed E-state index contributed by atoms with van der Waals surface area (Å²) in [6, 6.07) is 6.25. The van der Waals surface area contributed by atoms with Crippen molar-refractivity contribution in [2.24, 2.45) is 4.99 Å². The highest BCUT2D eigenvalue weighted by atomic mass is 16.5. The summed E-state index contributed by atoms with van der Waals surface area (Å²) in [5.41, 5.74) is 0. The van der Waals surface area contributed by atoms with E-state index in [2.05, 4.69) is 24.6 Å². The normalized spacial score (nSPS) is 17.9. The Hall–Kier alpha value is -1.57. The SMILES string of the molecule is C=CCOc1ccc2c(c1)=CC(C)N=2. The summed E-state index contributed by atoms with van der Waals surface area (Å²) in [6.45, 7) is 6.23. The van der Waals surface area contributed by atoms with Crippen molar-refractivity contribution < 1.29 is 4.74 Å². The zero-order valence-corrected chi connectivity index (χ0v) is 8.23. The van der Waals surface area contributed by atoms with E-state index in [0.29, 0.717) is 12.6 Å². The van der Waals surface area contributed by atoms with Crippen LogP contribution in [0.1, 0.15) is 6.92 Å². The van der Waals surface area contributed by atoms with E-state index in [4.69, 9.17) is 4.74 Å². The summed E-state index contributed by atoms with van der Waals surface area (Å²) in [4.78, 5) is 4.44. The predicted molar refractivity (Wildman–Crippen MR) is 56.8 cm³/mol. The molecule has 0 aliphatic carbocycles. The van der Waals surface area contributed by atoms with Gasteiger partial charge in [0.25, 0.3) is 0 Å². The van der Waals surface area contributed by atoms with Crippen LogP contribution in [0.3, 0.4) is 0 Å². The molecule has 0 bridgehead atoms. The van der Waals surface area contributed by atoms with E-state index >= 15 is 0 Å². The first-order valence-corrected chi connectivity index (χ1v) is 4.73. The van der Waals surface area contributed by atoms with Gasteiger partial charge in [-0.1, -0.05) is 18.7 Å². The Kier molecular flexibility index (Phi) is 2.35. The van der Waals surface area contributed by atoms with Crippen molar-refractivity contribution in [2.75, 3.05) is 6.61 Å². The van der Waals surface area contributed by atoms with E-state index < -0.39 is 0 Å². The molecule has 2 heteroatoms. The summed E-state index contributed by atoms with van der Waals surface area (Å²) < 4.78 is 5.44. The number of ether oxygens (including phenoxy) is 1. The molecule has 0 amide bonds. The Labute approximate surface area is 83.2 Å². The van der Waals surface area contributed by atoms with Crippen molar-refractivity contribution in [3.63, 3.8) is 0 Å². The molecule has 2 nitrogen and oxygen atoms in total. The van der Waals surface area contributed by atoms with E-state index in [1.807, 2.05) is 18.2 Å². The zero-order chi connectivity index (χ0) is 9.97. The number of hydrogen-bond acceptors (Lipinski definition) is 2. The van der Waals surface area contributed by atoms with Gasteiger partial charge in [-0.05, 0) is 25.1 Å². The van der Waals surface area contributed by atoms with Crippen LogP contribution in [0.5, 0.6) is 5.75 Å². The van der Waals surface area contributed by atoms with Crippen LogP contribution in [-0.2, 0) is 0 Å². The van der Waals surface area contributed by atoms with Gasteiger partial charge in [0.15, 0.2) is 0 Å². The third-order valence-corrected chi connectivity index (χ3v) is 2.13. The molecule has 1 heterocycles. The second kappa shape index (κ2) is 3.66. The molecule has 72 valence electrons. The number of benzene rings is 1. The van der Waals surface area contributed by atoms with Gasteiger partial charge < -0.3 is 4.74 Å². The molecular formula is C12H13NO. The van der Waals surface area contributed by atoms with Crippen molar-refractivity contribution in [3.05, 3.63) is 41.4 Å². The van der Waals surface area contributed by atoms with Gasteiger partial charge in [0, 0.05) is 5.22 Å². The predicted octanol–water partition coefficient (Wildman–Crippen LogP) is 1.05. The first kappa shape index (κ1) is 9.00. The van der Waals surface area contributed by atoms with Crippen LogP contribution >= 0.6 is 0 Å². The fourth-order valence-electron chi connectivity index (χ4n) is 1.55. The Bertz CT molecular complexity index is 462. The number of fused-ring (bicyclic) bond motifs is 1. The number of rotatable bonds is 3. The lowest BCUT2D eigenvalue weighted by molar-refractivity contribution is 0.363. The molecule has 0 fully saturated rings. The maximum atomic E-state index is 5.44. The van der Waals surface area contributed by atoms with Crippen molar-refractivity contribution in [1.29, 1.82) is 0 Å². The molecule has 0 N–H and O–H groups in total. The smallest absolute Gasteiger partial charge is 0.120 e. The standard InChI is InChI=1S/C12H13NO/c1-3-6-14-11-4-5-12-10(8-11)7-9(2)13-12/h3-5,7-9H,1,6H2,2H3. The maximum absolute atomic E-state index is 5.44. The van der Waals surface area contributed by atoms with Crippen LogP contribution in [0.15, 0.2) is 35.8 Å².